The summed E-state index contributed by atoms with van der Waals surface area (Å²) in [5.74, 6) is 2.04. The van der Waals surface area contributed by atoms with Gasteiger partial charge in [-0.15, -0.1) is 0 Å². The summed E-state index contributed by atoms with van der Waals surface area (Å²) in [6.45, 7) is -0.276. The van der Waals surface area contributed by atoms with Gasteiger partial charge in [0.2, 0.25) is 0 Å². The van der Waals surface area contributed by atoms with Crippen molar-refractivity contribution in [1.29, 1.82) is 0 Å². The molecule has 0 aliphatic heterocycles. The average molecular weight is 207 g/mol. The lowest BCUT2D eigenvalue weighted by Gasteiger charge is -2.22. The number of alkyl halides is 3. The molecule has 1 nitrogen and oxygen atoms in total. The van der Waals surface area contributed by atoms with Gasteiger partial charge in [-0.3, -0.25) is 0 Å². The molecule has 2 aliphatic carbocycles. The molecule has 2 bridgehead atoms. The highest BCUT2D eigenvalue weighted by Crippen LogP contribution is 2.47. The summed E-state index contributed by atoms with van der Waals surface area (Å²) < 4.78 is 35.6. The van der Waals surface area contributed by atoms with Crippen molar-refractivity contribution in [1.82, 2.24) is 5.32 Å². The maximum atomic E-state index is 11.9. The first kappa shape index (κ1) is 10.3. The van der Waals surface area contributed by atoms with Gasteiger partial charge < -0.3 is 5.32 Å². The van der Waals surface area contributed by atoms with E-state index in [4.69, 9.17) is 0 Å². The van der Waals surface area contributed by atoms with Crippen LogP contribution in [-0.2, 0) is 0 Å². The summed E-state index contributed by atoms with van der Waals surface area (Å²) in [7, 11) is 0. The van der Waals surface area contributed by atoms with Gasteiger partial charge in [-0.2, -0.15) is 13.2 Å². The van der Waals surface area contributed by atoms with E-state index in [1.807, 2.05) is 0 Å². The predicted molar refractivity (Wildman–Crippen MR) is 47.9 cm³/mol. The second kappa shape index (κ2) is 3.72. The monoisotopic (exact) mass is 207 g/mol. The second-order valence-corrected chi connectivity index (χ2v) is 4.68. The minimum absolute atomic E-state index is 0.510. The van der Waals surface area contributed by atoms with Crippen LogP contribution in [0.5, 0.6) is 0 Å². The van der Waals surface area contributed by atoms with E-state index in [9.17, 15) is 13.2 Å². The third kappa shape index (κ3) is 2.41. The molecule has 0 spiro atoms. The average Bonchev–Trinajstić information content (AvgIpc) is 2.62. The first-order valence-corrected chi connectivity index (χ1v) is 5.32. The SMILES string of the molecule is FC(F)(F)CNCC1CC2CCC1C2. The molecule has 0 aromatic rings. The fourth-order valence-corrected chi connectivity index (χ4v) is 3.03. The molecule has 0 aromatic heterocycles. The van der Waals surface area contributed by atoms with Crippen molar-refractivity contribution in [2.24, 2.45) is 17.8 Å². The summed E-state index contributed by atoms with van der Waals surface area (Å²) in [5.41, 5.74) is 0. The molecule has 0 saturated heterocycles. The highest BCUT2D eigenvalue weighted by Gasteiger charge is 2.39. The molecule has 0 aromatic carbocycles. The summed E-state index contributed by atoms with van der Waals surface area (Å²) in [5, 5.41) is 2.53. The highest BCUT2D eigenvalue weighted by molar-refractivity contribution is 4.90. The number of hydrogen-bond donors (Lipinski definition) is 1. The van der Waals surface area contributed by atoms with Gasteiger partial charge in [0, 0.05) is 0 Å². The van der Waals surface area contributed by atoms with Crippen LogP contribution in [-0.4, -0.2) is 19.3 Å². The third-order valence-corrected chi connectivity index (χ3v) is 3.62. The van der Waals surface area contributed by atoms with Crippen LogP contribution in [0.3, 0.4) is 0 Å². The van der Waals surface area contributed by atoms with Gasteiger partial charge in [-0.1, -0.05) is 6.42 Å². The Kier molecular flexibility index (Phi) is 2.73. The standard InChI is InChI=1S/C10H16F3N/c11-10(12,13)6-14-5-9-4-7-1-2-8(9)3-7/h7-9,14H,1-6H2. The summed E-state index contributed by atoms with van der Waals surface area (Å²) in [4.78, 5) is 0. The molecule has 2 saturated carbocycles. The van der Waals surface area contributed by atoms with Crippen molar-refractivity contribution in [2.75, 3.05) is 13.1 Å². The Balaban J connectivity index is 1.67. The zero-order valence-corrected chi connectivity index (χ0v) is 8.11. The molecular weight excluding hydrogens is 191 g/mol. The van der Waals surface area contributed by atoms with E-state index in [1.165, 1.54) is 19.3 Å². The van der Waals surface area contributed by atoms with Crippen LogP contribution in [0.1, 0.15) is 25.7 Å². The Labute approximate surface area is 82.1 Å². The summed E-state index contributed by atoms with van der Waals surface area (Å²) in [6.07, 6.45) is 0.898. The second-order valence-electron chi connectivity index (χ2n) is 4.68. The van der Waals surface area contributed by atoms with Gasteiger partial charge in [-0.05, 0) is 43.6 Å². The number of fused-ring (bicyclic) bond motifs is 2. The van der Waals surface area contributed by atoms with Gasteiger partial charge in [0.1, 0.15) is 0 Å². The number of hydrogen-bond acceptors (Lipinski definition) is 1. The van der Waals surface area contributed by atoms with Gasteiger partial charge in [0.25, 0.3) is 0 Å². The van der Waals surface area contributed by atoms with Crippen LogP contribution in [0.25, 0.3) is 0 Å². The van der Waals surface area contributed by atoms with Crippen molar-refractivity contribution in [2.45, 2.75) is 31.9 Å². The first-order chi connectivity index (χ1) is 6.54. The van der Waals surface area contributed by atoms with Crippen molar-refractivity contribution in [3.63, 3.8) is 0 Å². The molecule has 2 aliphatic rings. The minimum Gasteiger partial charge on any atom is -0.308 e. The maximum Gasteiger partial charge on any atom is 0.401 e. The van der Waals surface area contributed by atoms with Crippen molar-refractivity contribution >= 4 is 0 Å². The van der Waals surface area contributed by atoms with Crippen LogP contribution in [0.2, 0.25) is 0 Å². The molecule has 0 amide bonds. The van der Waals surface area contributed by atoms with E-state index in [2.05, 4.69) is 5.32 Å². The first-order valence-electron chi connectivity index (χ1n) is 5.32. The zero-order valence-electron chi connectivity index (χ0n) is 8.11. The number of halogens is 3. The van der Waals surface area contributed by atoms with E-state index in [0.29, 0.717) is 18.4 Å². The van der Waals surface area contributed by atoms with E-state index < -0.39 is 12.7 Å². The van der Waals surface area contributed by atoms with Gasteiger partial charge in [0.05, 0.1) is 6.54 Å². The maximum absolute atomic E-state index is 11.9. The van der Waals surface area contributed by atoms with Crippen molar-refractivity contribution in [3.8, 4) is 0 Å². The lowest BCUT2D eigenvalue weighted by atomic mass is 9.89. The molecule has 0 radical (unpaired) electrons. The summed E-state index contributed by atoms with van der Waals surface area (Å²) >= 11 is 0. The van der Waals surface area contributed by atoms with Gasteiger partial charge >= 0.3 is 6.18 Å². The fraction of sp³-hybridized carbons (Fsp3) is 1.00. The van der Waals surface area contributed by atoms with Gasteiger partial charge in [0.15, 0.2) is 0 Å². The largest absolute Gasteiger partial charge is 0.401 e. The quantitative estimate of drug-likeness (QED) is 0.750. The highest BCUT2D eigenvalue weighted by atomic mass is 19.4. The zero-order chi connectivity index (χ0) is 10.2. The van der Waals surface area contributed by atoms with E-state index >= 15 is 0 Å². The van der Waals surface area contributed by atoms with Crippen LogP contribution in [0.4, 0.5) is 13.2 Å². The van der Waals surface area contributed by atoms with Crippen molar-refractivity contribution in [3.05, 3.63) is 0 Å². The Hall–Kier alpha value is -0.250. The van der Waals surface area contributed by atoms with E-state index in [1.54, 1.807) is 0 Å². The number of nitrogens with one attached hydrogen (secondary N) is 1. The molecule has 4 heteroatoms. The predicted octanol–water partition coefficient (Wildman–Crippen LogP) is 2.57. The lowest BCUT2D eigenvalue weighted by Crippen LogP contribution is -2.34. The minimum atomic E-state index is -4.06. The molecule has 14 heavy (non-hydrogen) atoms. The Bertz CT molecular complexity index is 202. The van der Waals surface area contributed by atoms with Gasteiger partial charge in [-0.25, -0.2) is 0 Å². The topological polar surface area (TPSA) is 12.0 Å². The van der Waals surface area contributed by atoms with Crippen LogP contribution >= 0.6 is 0 Å². The molecule has 0 heterocycles. The molecule has 1 N–H and O–H groups in total. The lowest BCUT2D eigenvalue weighted by molar-refractivity contribution is -0.125. The fourth-order valence-electron chi connectivity index (χ4n) is 3.03. The summed E-state index contributed by atoms with van der Waals surface area (Å²) in [6, 6.07) is 0. The molecule has 2 rings (SSSR count). The third-order valence-electron chi connectivity index (χ3n) is 3.62. The molecule has 3 atom stereocenters. The van der Waals surface area contributed by atoms with E-state index in [0.717, 1.165) is 12.3 Å². The molecular formula is C10H16F3N. The molecule has 2 fully saturated rings. The van der Waals surface area contributed by atoms with Crippen LogP contribution in [0.15, 0.2) is 0 Å². The normalized spacial score (nSPS) is 36.6. The van der Waals surface area contributed by atoms with Crippen LogP contribution in [0, 0.1) is 17.8 Å². The van der Waals surface area contributed by atoms with Crippen molar-refractivity contribution < 1.29 is 13.2 Å². The Morgan fingerprint density at radius 3 is 2.43 bits per heavy atom. The smallest absolute Gasteiger partial charge is 0.308 e. The van der Waals surface area contributed by atoms with Crippen LogP contribution < -0.4 is 5.32 Å². The van der Waals surface area contributed by atoms with E-state index in [-0.39, 0.29) is 0 Å². The Morgan fingerprint density at radius 2 is 1.93 bits per heavy atom. The number of rotatable bonds is 3. The Morgan fingerprint density at radius 1 is 1.14 bits per heavy atom. The molecule has 82 valence electrons. The molecule has 3 unspecified atom stereocenters.